The molecule has 2 aromatic rings. The first-order valence-electron chi connectivity index (χ1n) is 5.46. The lowest BCUT2D eigenvalue weighted by molar-refractivity contribution is 0.843. The standard InChI is InChI=1S/C13H10Cl3N3/c1-19-10(5-12(15)13(19)16)7-18-9-3-2-8(6-17)11(14)4-9/h2-5,18H,7H2,1H3. The van der Waals surface area contributed by atoms with Crippen LogP contribution in [0.3, 0.4) is 0 Å². The van der Waals surface area contributed by atoms with Gasteiger partial charge in [-0.3, -0.25) is 0 Å². The fourth-order valence-electron chi connectivity index (χ4n) is 1.67. The molecule has 0 spiro atoms. The van der Waals surface area contributed by atoms with Gasteiger partial charge in [0.05, 0.1) is 22.2 Å². The monoisotopic (exact) mass is 313 g/mol. The first-order valence-corrected chi connectivity index (χ1v) is 6.59. The Morgan fingerprint density at radius 3 is 2.47 bits per heavy atom. The maximum absolute atomic E-state index is 8.80. The third kappa shape index (κ3) is 2.98. The Hall–Kier alpha value is -1.34. The van der Waals surface area contributed by atoms with Crippen LogP contribution in [0.5, 0.6) is 0 Å². The molecule has 1 aromatic heterocycles. The minimum Gasteiger partial charge on any atom is -0.379 e. The predicted octanol–water partition coefficient (Wildman–Crippen LogP) is 4.47. The van der Waals surface area contributed by atoms with Gasteiger partial charge in [-0.05, 0) is 24.3 Å². The van der Waals surface area contributed by atoms with Crippen LogP contribution in [0.25, 0.3) is 0 Å². The van der Waals surface area contributed by atoms with E-state index in [0.717, 1.165) is 11.4 Å². The molecule has 0 atom stereocenters. The summed E-state index contributed by atoms with van der Waals surface area (Å²) in [4.78, 5) is 0. The number of hydrogen-bond acceptors (Lipinski definition) is 2. The van der Waals surface area contributed by atoms with Gasteiger partial charge in [0.25, 0.3) is 0 Å². The molecule has 3 nitrogen and oxygen atoms in total. The number of anilines is 1. The predicted molar refractivity (Wildman–Crippen MR) is 78.9 cm³/mol. The smallest absolute Gasteiger partial charge is 0.127 e. The van der Waals surface area contributed by atoms with Crippen molar-refractivity contribution in [3.63, 3.8) is 0 Å². The molecule has 0 unspecified atom stereocenters. The van der Waals surface area contributed by atoms with E-state index in [-0.39, 0.29) is 0 Å². The van der Waals surface area contributed by atoms with E-state index in [1.165, 1.54) is 0 Å². The molecule has 1 N–H and O–H groups in total. The molecule has 0 saturated heterocycles. The molecule has 6 heteroatoms. The fourth-order valence-corrected chi connectivity index (χ4v) is 2.31. The Morgan fingerprint density at radius 2 is 1.95 bits per heavy atom. The number of aromatic nitrogens is 1. The molecule has 0 fully saturated rings. The molecule has 0 saturated carbocycles. The molecular weight excluding hydrogens is 305 g/mol. The number of nitrogens with one attached hydrogen (secondary N) is 1. The number of nitrogens with zero attached hydrogens (tertiary/aromatic N) is 2. The van der Waals surface area contributed by atoms with Gasteiger partial charge >= 0.3 is 0 Å². The minimum atomic E-state index is 0.426. The van der Waals surface area contributed by atoms with Crippen LogP contribution in [-0.2, 0) is 13.6 Å². The van der Waals surface area contributed by atoms with Crippen molar-refractivity contribution in [2.24, 2.45) is 7.05 Å². The Labute approximate surface area is 126 Å². The lowest BCUT2D eigenvalue weighted by Crippen LogP contribution is -2.04. The van der Waals surface area contributed by atoms with E-state index in [9.17, 15) is 0 Å². The van der Waals surface area contributed by atoms with Crippen LogP contribution < -0.4 is 5.32 Å². The summed E-state index contributed by atoms with van der Waals surface area (Å²) < 4.78 is 1.81. The van der Waals surface area contributed by atoms with E-state index in [4.69, 9.17) is 40.1 Å². The molecule has 0 aliphatic rings. The van der Waals surface area contributed by atoms with Crippen molar-refractivity contribution in [1.29, 1.82) is 5.26 Å². The van der Waals surface area contributed by atoms with E-state index in [1.54, 1.807) is 18.2 Å². The van der Waals surface area contributed by atoms with Crippen molar-refractivity contribution in [3.05, 3.63) is 50.7 Å². The molecule has 19 heavy (non-hydrogen) atoms. The van der Waals surface area contributed by atoms with Gasteiger partial charge in [-0.15, -0.1) is 0 Å². The third-order valence-electron chi connectivity index (χ3n) is 2.78. The summed E-state index contributed by atoms with van der Waals surface area (Å²) in [7, 11) is 1.84. The Bertz CT molecular complexity index is 656. The van der Waals surface area contributed by atoms with Gasteiger partial charge in [0.1, 0.15) is 11.2 Å². The fraction of sp³-hybridized carbons (Fsp3) is 0.154. The lowest BCUT2D eigenvalue weighted by Gasteiger charge is -2.08. The molecule has 1 heterocycles. The van der Waals surface area contributed by atoms with E-state index in [0.29, 0.717) is 27.3 Å². The van der Waals surface area contributed by atoms with Crippen molar-refractivity contribution in [1.82, 2.24) is 4.57 Å². The summed E-state index contributed by atoms with van der Waals surface area (Å²) in [5, 5.41) is 13.5. The number of benzene rings is 1. The first kappa shape index (κ1) is 14.1. The van der Waals surface area contributed by atoms with Crippen LogP contribution in [0, 0.1) is 11.3 Å². The second-order valence-corrected chi connectivity index (χ2v) is 5.17. The summed E-state index contributed by atoms with van der Waals surface area (Å²) in [6.07, 6.45) is 0. The molecule has 0 aliphatic carbocycles. The van der Waals surface area contributed by atoms with Gasteiger partial charge in [-0.1, -0.05) is 34.8 Å². The van der Waals surface area contributed by atoms with Crippen molar-refractivity contribution in [3.8, 4) is 6.07 Å². The highest BCUT2D eigenvalue weighted by Gasteiger charge is 2.08. The summed E-state index contributed by atoms with van der Waals surface area (Å²) in [6.45, 7) is 0.561. The second kappa shape index (κ2) is 5.75. The summed E-state index contributed by atoms with van der Waals surface area (Å²) in [5.74, 6) is 0. The van der Waals surface area contributed by atoms with Crippen molar-refractivity contribution in [2.75, 3.05) is 5.32 Å². The van der Waals surface area contributed by atoms with Gasteiger partial charge in [0.15, 0.2) is 0 Å². The van der Waals surface area contributed by atoms with Crippen LogP contribution in [0.2, 0.25) is 15.2 Å². The van der Waals surface area contributed by atoms with E-state index < -0.39 is 0 Å². The SMILES string of the molecule is Cn1c(CNc2ccc(C#N)c(Cl)c2)cc(Cl)c1Cl. The summed E-state index contributed by atoms with van der Waals surface area (Å²) in [6, 6.07) is 9.02. The van der Waals surface area contributed by atoms with Crippen LogP contribution in [0.1, 0.15) is 11.3 Å². The average molecular weight is 315 g/mol. The van der Waals surface area contributed by atoms with Crippen LogP contribution in [0.15, 0.2) is 24.3 Å². The Balaban J connectivity index is 2.13. The molecule has 1 aromatic carbocycles. The summed E-state index contributed by atoms with van der Waals surface area (Å²) in [5.41, 5.74) is 2.24. The van der Waals surface area contributed by atoms with Gasteiger partial charge in [-0.2, -0.15) is 5.26 Å². The van der Waals surface area contributed by atoms with Crippen molar-refractivity contribution < 1.29 is 0 Å². The number of nitriles is 1. The van der Waals surface area contributed by atoms with Crippen molar-refractivity contribution in [2.45, 2.75) is 6.54 Å². The maximum Gasteiger partial charge on any atom is 0.127 e. The number of halogens is 3. The quantitative estimate of drug-likeness (QED) is 0.908. The molecule has 0 bridgehead atoms. The molecule has 0 aliphatic heterocycles. The molecular formula is C13H10Cl3N3. The van der Waals surface area contributed by atoms with Gasteiger partial charge < -0.3 is 9.88 Å². The van der Waals surface area contributed by atoms with Crippen LogP contribution >= 0.6 is 34.8 Å². The Kier molecular flexibility index (Phi) is 4.26. The Morgan fingerprint density at radius 1 is 1.21 bits per heavy atom. The third-order valence-corrected chi connectivity index (χ3v) is 3.93. The van der Waals surface area contributed by atoms with Gasteiger partial charge in [0.2, 0.25) is 0 Å². The highest BCUT2D eigenvalue weighted by molar-refractivity contribution is 6.41. The average Bonchev–Trinajstić information content (AvgIpc) is 2.64. The maximum atomic E-state index is 8.80. The molecule has 2 rings (SSSR count). The first-order chi connectivity index (χ1) is 9.02. The topological polar surface area (TPSA) is 40.8 Å². The van der Waals surface area contributed by atoms with Crippen molar-refractivity contribution >= 4 is 40.5 Å². The minimum absolute atomic E-state index is 0.426. The highest BCUT2D eigenvalue weighted by Crippen LogP contribution is 2.26. The highest BCUT2D eigenvalue weighted by atomic mass is 35.5. The van der Waals surface area contributed by atoms with E-state index in [1.807, 2.05) is 23.8 Å². The van der Waals surface area contributed by atoms with Crippen LogP contribution in [0.4, 0.5) is 5.69 Å². The zero-order valence-corrected chi connectivity index (χ0v) is 12.3. The zero-order valence-electron chi connectivity index (χ0n) is 10.0. The van der Waals surface area contributed by atoms with E-state index >= 15 is 0 Å². The molecule has 98 valence electrons. The summed E-state index contributed by atoms with van der Waals surface area (Å²) >= 11 is 17.9. The van der Waals surface area contributed by atoms with Gasteiger partial charge in [-0.25, -0.2) is 0 Å². The van der Waals surface area contributed by atoms with Gasteiger partial charge in [0, 0.05) is 18.4 Å². The second-order valence-electron chi connectivity index (χ2n) is 3.99. The largest absolute Gasteiger partial charge is 0.379 e. The lowest BCUT2D eigenvalue weighted by atomic mass is 10.2. The normalized spacial score (nSPS) is 10.3. The number of rotatable bonds is 3. The number of hydrogen-bond donors (Lipinski definition) is 1. The zero-order chi connectivity index (χ0) is 14.0. The molecule has 0 amide bonds. The molecule has 0 radical (unpaired) electrons. The van der Waals surface area contributed by atoms with E-state index in [2.05, 4.69) is 5.32 Å². The van der Waals surface area contributed by atoms with Crippen LogP contribution in [-0.4, -0.2) is 4.57 Å².